The number of nitrogens with one attached hydrogen (secondary N) is 2. The summed E-state index contributed by atoms with van der Waals surface area (Å²) >= 11 is 24.5. The van der Waals surface area contributed by atoms with E-state index in [1.807, 2.05) is 27.7 Å². The number of phenols is 1. The van der Waals surface area contributed by atoms with Crippen LogP contribution in [-0.4, -0.2) is 25.5 Å². The Bertz CT molecular complexity index is 1470. The van der Waals surface area contributed by atoms with E-state index in [2.05, 4.69) is 20.4 Å². The standard InChI is InChI=1S/C14H15Cl2N3O.C14H14Cl2N2O2/c1-7(2)10-5-9(18-19-14(10)20)6-11-12(15)3-8(17)4-13(11)16;1-7(2)10-3-8(17-18-14(10)20)4-11-12(15)5-9(19)6-13(11)16/h3-5,7H,6,17H2,1-2H3,(H,19,20);3,5-7,19H,4H2,1-2H3,(H,18,20). The summed E-state index contributed by atoms with van der Waals surface area (Å²) in [6.45, 7) is 7.79. The summed E-state index contributed by atoms with van der Waals surface area (Å²) in [5.74, 6) is 0.241. The van der Waals surface area contributed by atoms with Crippen LogP contribution >= 0.6 is 46.4 Å². The van der Waals surface area contributed by atoms with Crippen molar-refractivity contribution in [3.05, 3.63) is 111 Å². The molecule has 0 fully saturated rings. The first kappa shape index (κ1) is 31.5. The van der Waals surface area contributed by atoms with E-state index in [9.17, 15) is 14.7 Å². The summed E-state index contributed by atoms with van der Waals surface area (Å²) in [6, 6.07) is 9.70. The van der Waals surface area contributed by atoms with Crippen molar-refractivity contribution in [3.63, 3.8) is 0 Å². The monoisotopic (exact) mass is 623 g/mol. The highest BCUT2D eigenvalue weighted by Crippen LogP contribution is 2.31. The number of anilines is 1. The Labute approximate surface area is 251 Å². The topological polar surface area (TPSA) is 138 Å². The van der Waals surface area contributed by atoms with Crippen LogP contribution in [0.25, 0.3) is 0 Å². The molecule has 40 heavy (non-hydrogen) atoms. The number of hydrogen-bond acceptors (Lipinski definition) is 6. The SMILES string of the molecule is CC(C)c1cc(Cc2c(Cl)cc(N)cc2Cl)n[nH]c1=O.CC(C)c1cc(Cc2c(Cl)cc(O)cc2Cl)n[nH]c1=O. The zero-order valence-corrected chi connectivity index (χ0v) is 25.3. The molecule has 0 radical (unpaired) electrons. The van der Waals surface area contributed by atoms with Gasteiger partial charge in [-0.15, -0.1) is 0 Å². The van der Waals surface area contributed by atoms with Gasteiger partial charge in [-0.2, -0.15) is 10.2 Å². The van der Waals surface area contributed by atoms with Gasteiger partial charge in [-0.1, -0.05) is 74.1 Å². The van der Waals surface area contributed by atoms with Crippen LogP contribution in [0.1, 0.15) is 73.2 Å². The van der Waals surface area contributed by atoms with Crippen LogP contribution in [0.2, 0.25) is 20.1 Å². The molecule has 0 aliphatic rings. The molecule has 0 saturated heterocycles. The fourth-order valence-corrected chi connectivity index (χ4v) is 5.13. The Morgan fingerprint density at radius 1 is 0.700 bits per heavy atom. The number of hydrogen-bond donors (Lipinski definition) is 4. The van der Waals surface area contributed by atoms with E-state index in [1.165, 1.54) is 12.1 Å². The maximum atomic E-state index is 11.7. The summed E-state index contributed by atoms with van der Waals surface area (Å²) < 4.78 is 0. The number of nitrogens with zero attached hydrogens (tertiary/aromatic N) is 2. The van der Waals surface area contributed by atoms with Gasteiger partial charge in [0.1, 0.15) is 5.75 Å². The van der Waals surface area contributed by atoms with Crippen LogP contribution in [-0.2, 0) is 12.8 Å². The highest BCUT2D eigenvalue weighted by Gasteiger charge is 2.14. The second-order valence-corrected chi connectivity index (χ2v) is 11.4. The van der Waals surface area contributed by atoms with Crippen molar-refractivity contribution in [1.82, 2.24) is 20.4 Å². The Balaban J connectivity index is 0.000000220. The smallest absolute Gasteiger partial charge is 0.267 e. The van der Waals surface area contributed by atoms with E-state index in [0.29, 0.717) is 66.7 Å². The van der Waals surface area contributed by atoms with Crippen LogP contribution in [0.15, 0.2) is 46.0 Å². The fourth-order valence-electron chi connectivity index (χ4n) is 3.88. The van der Waals surface area contributed by atoms with Crippen LogP contribution in [0.5, 0.6) is 5.75 Å². The van der Waals surface area contributed by atoms with Gasteiger partial charge in [0.2, 0.25) is 0 Å². The minimum Gasteiger partial charge on any atom is -0.508 e. The Kier molecular flexibility index (Phi) is 10.7. The molecule has 4 aromatic rings. The predicted molar refractivity (Wildman–Crippen MR) is 163 cm³/mol. The number of nitrogen functional groups attached to an aromatic ring is 1. The molecule has 0 spiro atoms. The van der Waals surface area contributed by atoms with Crippen molar-refractivity contribution in [3.8, 4) is 5.75 Å². The van der Waals surface area contributed by atoms with E-state index in [-0.39, 0.29) is 28.7 Å². The maximum Gasteiger partial charge on any atom is 0.267 e. The first-order chi connectivity index (χ1) is 18.8. The van der Waals surface area contributed by atoms with Crippen molar-refractivity contribution in [1.29, 1.82) is 0 Å². The first-order valence-corrected chi connectivity index (χ1v) is 13.8. The average Bonchev–Trinajstić information content (AvgIpc) is 2.85. The molecular formula is C28H29Cl4N5O3. The largest absolute Gasteiger partial charge is 0.508 e. The second kappa shape index (κ2) is 13.5. The van der Waals surface area contributed by atoms with Gasteiger partial charge in [-0.3, -0.25) is 9.59 Å². The van der Waals surface area contributed by atoms with Crippen molar-refractivity contribution in [2.24, 2.45) is 0 Å². The zero-order valence-electron chi connectivity index (χ0n) is 22.3. The highest BCUT2D eigenvalue weighted by molar-refractivity contribution is 6.37. The van der Waals surface area contributed by atoms with Gasteiger partial charge in [0.05, 0.1) is 11.4 Å². The predicted octanol–water partition coefficient (Wildman–Crippen LogP) is 6.87. The molecule has 0 aliphatic carbocycles. The molecule has 4 rings (SSSR count). The minimum atomic E-state index is -0.188. The minimum absolute atomic E-state index is 0.0149. The Hall–Kier alpha value is -3.04. The molecule has 5 N–H and O–H groups in total. The number of phenolic OH excluding ortho intramolecular Hbond substituents is 1. The summed E-state index contributed by atoms with van der Waals surface area (Å²) in [6.07, 6.45) is 0.822. The normalized spacial score (nSPS) is 11.1. The molecule has 2 heterocycles. The number of halogens is 4. The quantitative estimate of drug-likeness (QED) is 0.173. The molecule has 8 nitrogen and oxygen atoms in total. The van der Waals surface area contributed by atoms with Gasteiger partial charge >= 0.3 is 0 Å². The van der Waals surface area contributed by atoms with Gasteiger partial charge in [-0.25, -0.2) is 10.2 Å². The highest BCUT2D eigenvalue weighted by atomic mass is 35.5. The molecule has 0 saturated carbocycles. The van der Waals surface area contributed by atoms with Gasteiger partial charge in [0.15, 0.2) is 0 Å². The first-order valence-electron chi connectivity index (χ1n) is 12.3. The summed E-state index contributed by atoms with van der Waals surface area (Å²) in [7, 11) is 0. The number of aromatic amines is 2. The third-order valence-electron chi connectivity index (χ3n) is 6.02. The van der Waals surface area contributed by atoms with E-state index in [1.54, 1.807) is 24.3 Å². The van der Waals surface area contributed by atoms with Crippen molar-refractivity contribution < 1.29 is 5.11 Å². The molecular weight excluding hydrogens is 596 g/mol. The molecule has 12 heteroatoms. The molecule has 2 aromatic heterocycles. The lowest BCUT2D eigenvalue weighted by Gasteiger charge is -2.09. The third-order valence-corrected chi connectivity index (χ3v) is 7.37. The van der Waals surface area contributed by atoms with Gasteiger partial charge < -0.3 is 10.8 Å². The molecule has 0 atom stereocenters. The Morgan fingerprint density at radius 3 is 1.40 bits per heavy atom. The van der Waals surface area contributed by atoms with Crippen molar-refractivity contribution in [2.75, 3.05) is 5.73 Å². The number of rotatable bonds is 6. The molecule has 212 valence electrons. The van der Waals surface area contributed by atoms with E-state index < -0.39 is 0 Å². The molecule has 0 bridgehead atoms. The number of benzene rings is 2. The number of H-pyrrole nitrogens is 2. The maximum absolute atomic E-state index is 11.7. The molecule has 0 aliphatic heterocycles. The van der Waals surface area contributed by atoms with Crippen LogP contribution in [0.3, 0.4) is 0 Å². The van der Waals surface area contributed by atoms with Crippen LogP contribution in [0, 0.1) is 0 Å². The third kappa shape index (κ3) is 8.01. The molecule has 0 unspecified atom stereocenters. The van der Waals surface area contributed by atoms with Gasteiger partial charge in [-0.05, 0) is 59.4 Å². The summed E-state index contributed by atoms with van der Waals surface area (Å²) in [5, 5.41) is 24.2. The average molecular weight is 625 g/mol. The lowest BCUT2D eigenvalue weighted by molar-refractivity contribution is 0.475. The molecule has 0 amide bonds. The zero-order chi connectivity index (χ0) is 29.7. The number of aromatic nitrogens is 4. The summed E-state index contributed by atoms with van der Waals surface area (Å²) in [4.78, 5) is 23.3. The van der Waals surface area contributed by atoms with Gasteiger partial charge in [0.25, 0.3) is 11.1 Å². The van der Waals surface area contributed by atoms with E-state index >= 15 is 0 Å². The van der Waals surface area contributed by atoms with Crippen LogP contribution in [0.4, 0.5) is 5.69 Å². The second-order valence-electron chi connectivity index (χ2n) is 9.80. The number of aromatic hydroxyl groups is 1. The van der Waals surface area contributed by atoms with Crippen molar-refractivity contribution >= 4 is 52.1 Å². The molecule has 2 aromatic carbocycles. The summed E-state index contributed by atoms with van der Waals surface area (Å²) in [5.41, 5.74) is 9.98. The van der Waals surface area contributed by atoms with Crippen molar-refractivity contribution in [2.45, 2.75) is 52.4 Å². The van der Waals surface area contributed by atoms with Crippen LogP contribution < -0.4 is 16.9 Å². The van der Waals surface area contributed by atoms with E-state index in [0.717, 1.165) is 5.56 Å². The lowest BCUT2D eigenvalue weighted by Crippen LogP contribution is -2.17. The lowest BCUT2D eigenvalue weighted by atomic mass is 10.0. The van der Waals surface area contributed by atoms with Gasteiger partial charge in [0, 0.05) is 49.7 Å². The fraction of sp³-hybridized carbons (Fsp3) is 0.286. The van der Waals surface area contributed by atoms with E-state index in [4.69, 9.17) is 52.1 Å². The number of nitrogens with two attached hydrogens (primary N) is 1. The Morgan fingerprint density at radius 2 is 1.05 bits per heavy atom.